The van der Waals surface area contributed by atoms with Gasteiger partial charge in [0.1, 0.15) is 18.5 Å². The molecule has 1 saturated heterocycles. The summed E-state index contributed by atoms with van der Waals surface area (Å²) in [5.41, 5.74) is 2.13. The van der Waals surface area contributed by atoms with Gasteiger partial charge in [0.2, 0.25) is 0 Å². The smallest absolute Gasteiger partial charge is 0.120 e. The average Bonchev–Trinajstić information content (AvgIpc) is 2.74. The molecule has 6 heteroatoms. The summed E-state index contributed by atoms with van der Waals surface area (Å²) in [5.74, 6) is 0.749. The van der Waals surface area contributed by atoms with Crippen LogP contribution in [0.15, 0.2) is 54.9 Å². The lowest BCUT2D eigenvalue weighted by molar-refractivity contribution is 0.0338. The second-order valence-corrected chi connectivity index (χ2v) is 7.35. The summed E-state index contributed by atoms with van der Waals surface area (Å²) in [4.78, 5) is 2.18. The molecular formula is C22H25N3O3. The van der Waals surface area contributed by atoms with Crippen molar-refractivity contribution in [2.75, 3.05) is 26.2 Å². The topological polar surface area (TPSA) is 78.7 Å². The van der Waals surface area contributed by atoms with E-state index in [0.717, 1.165) is 53.6 Å². The van der Waals surface area contributed by atoms with Crippen LogP contribution in [0.1, 0.15) is 12.8 Å². The lowest BCUT2D eigenvalue weighted by Gasteiger charge is -2.30. The highest BCUT2D eigenvalue weighted by atomic mass is 16.5. The summed E-state index contributed by atoms with van der Waals surface area (Å²) < 4.78 is 5.81. The van der Waals surface area contributed by atoms with E-state index in [4.69, 9.17) is 4.74 Å². The molecule has 1 aliphatic heterocycles. The Bertz CT molecular complexity index is 911. The van der Waals surface area contributed by atoms with Crippen LogP contribution in [0.4, 0.5) is 0 Å². The minimum atomic E-state index is -0.549. The Labute approximate surface area is 164 Å². The molecule has 0 bridgehead atoms. The monoisotopic (exact) mass is 379 g/mol. The lowest BCUT2D eigenvalue weighted by Crippen LogP contribution is -2.41. The van der Waals surface area contributed by atoms with Crippen molar-refractivity contribution in [1.82, 2.24) is 15.1 Å². The number of nitrogens with zero attached hydrogens (tertiary/aromatic N) is 3. The highest BCUT2D eigenvalue weighted by Gasteiger charge is 2.19. The Kier molecular flexibility index (Phi) is 5.81. The molecule has 1 aliphatic rings. The number of aromatic nitrogens is 2. The maximum Gasteiger partial charge on any atom is 0.120 e. The molecule has 28 heavy (non-hydrogen) atoms. The second kappa shape index (κ2) is 8.65. The average molecular weight is 379 g/mol. The van der Waals surface area contributed by atoms with Gasteiger partial charge in [0.05, 0.1) is 18.5 Å². The summed E-state index contributed by atoms with van der Waals surface area (Å²) in [6, 6.07) is 14.1. The molecule has 146 valence electrons. The Morgan fingerprint density at radius 2 is 1.79 bits per heavy atom. The van der Waals surface area contributed by atoms with Gasteiger partial charge in [0.15, 0.2) is 0 Å². The van der Waals surface area contributed by atoms with E-state index in [1.165, 1.54) is 0 Å². The predicted molar refractivity (Wildman–Crippen MR) is 108 cm³/mol. The standard InChI is InChI=1S/C22H25N3O3/c26-20-6-9-25(10-7-20)14-21(27)15-28-22-4-3-16-11-17(1-2-18(16)12-22)19-5-8-23-24-13-19/h1-5,8,11-13,20-21,26-27H,6-7,9-10,14-15H2. The van der Waals surface area contributed by atoms with Crippen molar-refractivity contribution in [1.29, 1.82) is 0 Å². The lowest BCUT2D eigenvalue weighted by atomic mass is 10.0. The molecule has 1 atom stereocenters. The molecule has 3 aromatic rings. The zero-order valence-corrected chi connectivity index (χ0v) is 15.7. The molecule has 2 N–H and O–H groups in total. The number of likely N-dealkylation sites (tertiary alicyclic amines) is 1. The summed E-state index contributed by atoms with van der Waals surface area (Å²) in [6.45, 7) is 2.47. The van der Waals surface area contributed by atoms with E-state index < -0.39 is 6.10 Å². The fraction of sp³-hybridized carbons (Fsp3) is 0.364. The first kappa shape index (κ1) is 18.8. The molecule has 4 rings (SSSR count). The van der Waals surface area contributed by atoms with E-state index in [1.807, 2.05) is 24.3 Å². The molecule has 0 aliphatic carbocycles. The third-order valence-corrected chi connectivity index (χ3v) is 5.20. The summed E-state index contributed by atoms with van der Waals surface area (Å²) in [7, 11) is 0. The first-order valence-corrected chi connectivity index (χ1v) is 9.69. The highest BCUT2D eigenvalue weighted by Crippen LogP contribution is 2.26. The fourth-order valence-electron chi connectivity index (χ4n) is 3.60. The molecule has 0 amide bonds. The van der Waals surface area contributed by atoms with Gasteiger partial charge in [0, 0.05) is 25.2 Å². The van der Waals surface area contributed by atoms with Gasteiger partial charge in [-0.1, -0.05) is 18.2 Å². The third kappa shape index (κ3) is 4.65. The number of fused-ring (bicyclic) bond motifs is 1. The van der Waals surface area contributed by atoms with Crippen molar-refractivity contribution >= 4 is 10.8 Å². The summed E-state index contributed by atoms with van der Waals surface area (Å²) >= 11 is 0. The van der Waals surface area contributed by atoms with Gasteiger partial charge in [-0.25, -0.2) is 0 Å². The first-order chi connectivity index (χ1) is 13.7. The zero-order chi connectivity index (χ0) is 19.3. The SMILES string of the molecule is OC1CCN(CC(O)COc2ccc3cc(-c4ccnnc4)ccc3c2)CC1. The molecule has 2 aromatic carbocycles. The quantitative estimate of drug-likeness (QED) is 0.685. The van der Waals surface area contributed by atoms with Crippen LogP contribution in [-0.2, 0) is 0 Å². The van der Waals surface area contributed by atoms with Crippen molar-refractivity contribution in [3.63, 3.8) is 0 Å². The van der Waals surface area contributed by atoms with Crippen LogP contribution in [0.2, 0.25) is 0 Å². The minimum absolute atomic E-state index is 0.197. The molecule has 0 radical (unpaired) electrons. The van der Waals surface area contributed by atoms with Gasteiger partial charge >= 0.3 is 0 Å². The Morgan fingerprint density at radius 3 is 2.57 bits per heavy atom. The molecule has 0 saturated carbocycles. The van der Waals surface area contributed by atoms with Crippen LogP contribution in [0.25, 0.3) is 21.9 Å². The highest BCUT2D eigenvalue weighted by molar-refractivity contribution is 5.88. The number of benzene rings is 2. The number of aliphatic hydroxyl groups excluding tert-OH is 2. The van der Waals surface area contributed by atoms with E-state index in [0.29, 0.717) is 6.54 Å². The molecule has 1 unspecified atom stereocenters. The fourth-order valence-corrected chi connectivity index (χ4v) is 3.60. The van der Waals surface area contributed by atoms with Crippen LogP contribution in [0, 0.1) is 0 Å². The van der Waals surface area contributed by atoms with E-state index in [9.17, 15) is 10.2 Å². The molecule has 6 nitrogen and oxygen atoms in total. The molecular weight excluding hydrogens is 354 g/mol. The van der Waals surface area contributed by atoms with Crippen molar-refractivity contribution in [2.24, 2.45) is 0 Å². The number of ether oxygens (including phenoxy) is 1. The maximum atomic E-state index is 10.3. The number of β-amino-alcohol motifs (C(OH)–C–C–N with tert-alkyl or cyclic N) is 1. The van der Waals surface area contributed by atoms with Gasteiger partial charge < -0.3 is 19.8 Å². The van der Waals surface area contributed by atoms with Crippen molar-refractivity contribution in [3.05, 3.63) is 54.9 Å². The number of rotatable bonds is 6. The zero-order valence-electron chi connectivity index (χ0n) is 15.7. The van der Waals surface area contributed by atoms with E-state index in [1.54, 1.807) is 12.4 Å². The maximum absolute atomic E-state index is 10.3. The molecule has 1 fully saturated rings. The first-order valence-electron chi connectivity index (χ1n) is 9.69. The van der Waals surface area contributed by atoms with Gasteiger partial charge in [-0.15, -0.1) is 0 Å². The largest absolute Gasteiger partial charge is 0.491 e. The van der Waals surface area contributed by atoms with Gasteiger partial charge in [-0.3, -0.25) is 0 Å². The van der Waals surface area contributed by atoms with Crippen LogP contribution < -0.4 is 4.74 Å². The third-order valence-electron chi connectivity index (χ3n) is 5.20. The summed E-state index contributed by atoms with van der Waals surface area (Å²) in [5, 5.41) is 29.8. The number of hydrogen-bond donors (Lipinski definition) is 2. The van der Waals surface area contributed by atoms with Crippen LogP contribution in [-0.4, -0.2) is 63.8 Å². The Hall–Kier alpha value is -2.54. The van der Waals surface area contributed by atoms with Gasteiger partial charge in [-0.2, -0.15) is 10.2 Å². The molecule has 0 spiro atoms. The van der Waals surface area contributed by atoms with E-state index in [2.05, 4.69) is 33.3 Å². The minimum Gasteiger partial charge on any atom is -0.491 e. The summed E-state index contributed by atoms with van der Waals surface area (Å²) in [6.07, 6.45) is 4.24. The number of hydrogen-bond acceptors (Lipinski definition) is 6. The van der Waals surface area contributed by atoms with Gasteiger partial charge in [-0.05, 0) is 53.4 Å². The van der Waals surface area contributed by atoms with Crippen LogP contribution >= 0.6 is 0 Å². The Morgan fingerprint density at radius 1 is 1.00 bits per heavy atom. The van der Waals surface area contributed by atoms with E-state index >= 15 is 0 Å². The Balaban J connectivity index is 1.37. The van der Waals surface area contributed by atoms with Gasteiger partial charge in [0.25, 0.3) is 0 Å². The van der Waals surface area contributed by atoms with Crippen molar-refractivity contribution < 1.29 is 14.9 Å². The normalized spacial score (nSPS) is 16.9. The van der Waals surface area contributed by atoms with E-state index in [-0.39, 0.29) is 12.7 Å². The second-order valence-electron chi connectivity index (χ2n) is 7.35. The van der Waals surface area contributed by atoms with Crippen LogP contribution in [0.5, 0.6) is 5.75 Å². The van der Waals surface area contributed by atoms with Crippen molar-refractivity contribution in [3.8, 4) is 16.9 Å². The van der Waals surface area contributed by atoms with Crippen molar-refractivity contribution in [2.45, 2.75) is 25.0 Å². The molecule has 2 heterocycles. The number of aliphatic hydroxyl groups is 2. The molecule has 1 aromatic heterocycles. The van der Waals surface area contributed by atoms with Crippen LogP contribution in [0.3, 0.4) is 0 Å². The predicted octanol–water partition coefficient (Wildman–Crippen LogP) is 2.49. The number of piperidine rings is 1.